The van der Waals surface area contributed by atoms with E-state index in [1.165, 1.54) is 25.7 Å². The van der Waals surface area contributed by atoms with Gasteiger partial charge in [-0.2, -0.15) is 0 Å². The van der Waals surface area contributed by atoms with Gasteiger partial charge in [0, 0.05) is 17.3 Å². The van der Waals surface area contributed by atoms with Crippen LogP contribution >= 0.6 is 0 Å². The Morgan fingerprint density at radius 3 is 2.07 bits per heavy atom. The Labute approximate surface area is 92.1 Å². The average Bonchev–Trinajstić information content (AvgIpc) is 2.17. The number of nitrogens with zero attached hydrogens (tertiary/aromatic N) is 2. The monoisotopic (exact) mass is 204 g/mol. The molecule has 0 atom stereocenters. The van der Waals surface area contributed by atoms with Gasteiger partial charge in [-0.05, 0) is 38.7 Å². The largest absolute Gasteiger partial charge is 0.238 e. The Morgan fingerprint density at radius 2 is 1.53 bits per heavy atom. The van der Waals surface area contributed by atoms with E-state index in [-0.39, 0.29) is 0 Å². The third-order valence-corrected chi connectivity index (χ3v) is 3.38. The summed E-state index contributed by atoms with van der Waals surface area (Å²) in [7, 11) is 0. The van der Waals surface area contributed by atoms with Crippen molar-refractivity contribution in [3.63, 3.8) is 0 Å². The van der Waals surface area contributed by atoms with E-state index in [2.05, 4.69) is 36.8 Å². The van der Waals surface area contributed by atoms with E-state index < -0.39 is 0 Å². The van der Waals surface area contributed by atoms with Crippen molar-refractivity contribution in [1.82, 2.24) is 9.97 Å². The highest BCUT2D eigenvalue weighted by molar-refractivity contribution is 5.11. The van der Waals surface area contributed by atoms with E-state index in [9.17, 15) is 0 Å². The lowest BCUT2D eigenvalue weighted by Gasteiger charge is -2.25. The first kappa shape index (κ1) is 10.6. The summed E-state index contributed by atoms with van der Waals surface area (Å²) in [6.45, 7) is 6.46. The maximum Gasteiger partial charge on any atom is 0.131 e. The summed E-state index contributed by atoms with van der Waals surface area (Å²) in [6.07, 6.45) is 5.20. The van der Waals surface area contributed by atoms with Gasteiger partial charge < -0.3 is 0 Å². The molecule has 1 aliphatic rings. The summed E-state index contributed by atoms with van der Waals surface area (Å²) >= 11 is 0. The maximum absolute atomic E-state index is 4.57. The SMILES string of the molecule is Cc1cc(C)nc(C2CCC(C)CC2)n1. The predicted octanol–water partition coefficient (Wildman–Crippen LogP) is 3.39. The standard InChI is InChI=1S/C13H20N2/c1-9-4-6-12(7-5-9)13-14-10(2)8-11(3)15-13/h8-9,12H,4-7H2,1-3H3. The van der Waals surface area contributed by atoms with Gasteiger partial charge in [-0.3, -0.25) is 0 Å². The molecule has 0 amide bonds. The van der Waals surface area contributed by atoms with Crippen LogP contribution in [-0.2, 0) is 0 Å². The quantitative estimate of drug-likeness (QED) is 0.700. The Morgan fingerprint density at radius 1 is 1.00 bits per heavy atom. The predicted molar refractivity (Wildman–Crippen MR) is 61.9 cm³/mol. The smallest absolute Gasteiger partial charge is 0.131 e. The lowest BCUT2D eigenvalue weighted by molar-refractivity contribution is 0.339. The van der Waals surface area contributed by atoms with Gasteiger partial charge in [0.05, 0.1) is 0 Å². The molecule has 1 aromatic heterocycles. The van der Waals surface area contributed by atoms with Crippen molar-refractivity contribution in [3.8, 4) is 0 Å². The van der Waals surface area contributed by atoms with E-state index in [1.807, 2.05) is 0 Å². The average molecular weight is 204 g/mol. The van der Waals surface area contributed by atoms with E-state index in [4.69, 9.17) is 0 Å². The molecule has 1 aromatic rings. The molecular weight excluding hydrogens is 184 g/mol. The van der Waals surface area contributed by atoms with Crippen LogP contribution in [0.4, 0.5) is 0 Å². The first-order chi connectivity index (χ1) is 7.15. The van der Waals surface area contributed by atoms with Crippen LogP contribution < -0.4 is 0 Å². The van der Waals surface area contributed by atoms with Crippen LogP contribution in [0.25, 0.3) is 0 Å². The van der Waals surface area contributed by atoms with Crippen molar-refractivity contribution in [3.05, 3.63) is 23.3 Å². The summed E-state index contributed by atoms with van der Waals surface area (Å²) in [5, 5.41) is 0. The number of hydrogen-bond donors (Lipinski definition) is 0. The third kappa shape index (κ3) is 2.55. The maximum atomic E-state index is 4.57. The van der Waals surface area contributed by atoms with Crippen LogP contribution in [0, 0.1) is 19.8 Å². The highest BCUT2D eigenvalue weighted by atomic mass is 14.9. The minimum Gasteiger partial charge on any atom is -0.238 e. The molecule has 0 bridgehead atoms. The molecule has 0 saturated heterocycles. The molecule has 2 nitrogen and oxygen atoms in total. The van der Waals surface area contributed by atoms with Crippen molar-refractivity contribution in [2.75, 3.05) is 0 Å². The minimum absolute atomic E-state index is 0.611. The molecule has 2 rings (SSSR count). The van der Waals surface area contributed by atoms with Gasteiger partial charge >= 0.3 is 0 Å². The Hall–Kier alpha value is -0.920. The van der Waals surface area contributed by atoms with Crippen LogP contribution in [0.5, 0.6) is 0 Å². The minimum atomic E-state index is 0.611. The molecule has 0 spiro atoms. The first-order valence-electron chi connectivity index (χ1n) is 5.97. The fourth-order valence-electron chi connectivity index (χ4n) is 2.45. The van der Waals surface area contributed by atoms with Crippen LogP contribution in [0.2, 0.25) is 0 Å². The summed E-state index contributed by atoms with van der Waals surface area (Å²) in [5.74, 6) is 2.59. The Bertz CT molecular complexity index is 318. The zero-order chi connectivity index (χ0) is 10.8. The van der Waals surface area contributed by atoms with Crippen LogP contribution in [-0.4, -0.2) is 9.97 Å². The first-order valence-corrected chi connectivity index (χ1v) is 5.97. The lowest BCUT2D eigenvalue weighted by Crippen LogP contribution is -2.14. The number of rotatable bonds is 1. The molecule has 0 aromatic carbocycles. The topological polar surface area (TPSA) is 25.8 Å². The molecule has 0 radical (unpaired) electrons. The summed E-state index contributed by atoms with van der Waals surface area (Å²) in [6, 6.07) is 2.05. The third-order valence-electron chi connectivity index (χ3n) is 3.38. The van der Waals surface area contributed by atoms with Gasteiger partial charge in [-0.1, -0.05) is 19.8 Å². The highest BCUT2D eigenvalue weighted by Crippen LogP contribution is 2.33. The molecule has 0 aliphatic heterocycles. The molecule has 82 valence electrons. The van der Waals surface area contributed by atoms with Crippen molar-refractivity contribution in [1.29, 1.82) is 0 Å². The molecule has 1 fully saturated rings. The van der Waals surface area contributed by atoms with Gasteiger partial charge in [-0.25, -0.2) is 9.97 Å². The van der Waals surface area contributed by atoms with Gasteiger partial charge in [0.15, 0.2) is 0 Å². The zero-order valence-electron chi connectivity index (χ0n) is 9.95. The normalized spacial score (nSPS) is 26.6. The van der Waals surface area contributed by atoms with Crippen LogP contribution in [0.1, 0.15) is 55.7 Å². The van der Waals surface area contributed by atoms with Crippen molar-refractivity contribution in [2.24, 2.45) is 5.92 Å². The van der Waals surface area contributed by atoms with Crippen LogP contribution in [0.15, 0.2) is 6.07 Å². The van der Waals surface area contributed by atoms with Gasteiger partial charge in [0.1, 0.15) is 5.82 Å². The Balaban J connectivity index is 2.15. The van der Waals surface area contributed by atoms with E-state index in [0.29, 0.717) is 5.92 Å². The van der Waals surface area contributed by atoms with Crippen molar-refractivity contribution >= 4 is 0 Å². The van der Waals surface area contributed by atoms with E-state index in [0.717, 1.165) is 23.1 Å². The zero-order valence-corrected chi connectivity index (χ0v) is 9.95. The van der Waals surface area contributed by atoms with Gasteiger partial charge in [0.2, 0.25) is 0 Å². The Kier molecular flexibility index (Phi) is 3.03. The molecule has 1 saturated carbocycles. The molecule has 2 heteroatoms. The van der Waals surface area contributed by atoms with E-state index in [1.54, 1.807) is 0 Å². The fraction of sp³-hybridized carbons (Fsp3) is 0.692. The summed E-state index contributed by atoms with van der Waals surface area (Å²) < 4.78 is 0. The second-order valence-corrected chi connectivity index (χ2v) is 4.97. The highest BCUT2D eigenvalue weighted by Gasteiger charge is 2.21. The summed E-state index contributed by atoms with van der Waals surface area (Å²) in [5.41, 5.74) is 2.22. The second kappa shape index (κ2) is 4.30. The number of aryl methyl sites for hydroxylation is 2. The number of hydrogen-bond acceptors (Lipinski definition) is 2. The van der Waals surface area contributed by atoms with Gasteiger partial charge in [0.25, 0.3) is 0 Å². The van der Waals surface area contributed by atoms with Crippen LogP contribution in [0.3, 0.4) is 0 Å². The van der Waals surface area contributed by atoms with Crippen molar-refractivity contribution in [2.45, 2.75) is 52.4 Å². The fourth-order valence-corrected chi connectivity index (χ4v) is 2.45. The summed E-state index contributed by atoms with van der Waals surface area (Å²) in [4.78, 5) is 9.14. The second-order valence-electron chi connectivity index (χ2n) is 4.97. The number of aromatic nitrogens is 2. The molecular formula is C13H20N2. The molecule has 1 aliphatic carbocycles. The van der Waals surface area contributed by atoms with Crippen molar-refractivity contribution < 1.29 is 0 Å². The molecule has 15 heavy (non-hydrogen) atoms. The lowest BCUT2D eigenvalue weighted by atomic mass is 9.82. The van der Waals surface area contributed by atoms with Gasteiger partial charge in [-0.15, -0.1) is 0 Å². The molecule has 0 unspecified atom stereocenters. The molecule has 0 N–H and O–H groups in total. The van der Waals surface area contributed by atoms with E-state index >= 15 is 0 Å². The molecule has 1 heterocycles.